The summed E-state index contributed by atoms with van der Waals surface area (Å²) in [5, 5.41) is 14.6. The van der Waals surface area contributed by atoms with Gasteiger partial charge in [0.05, 0.1) is 0 Å². The quantitative estimate of drug-likeness (QED) is 0.571. The van der Waals surface area contributed by atoms with Crippen LogP contribution in [0, 0.1) is 0 Å². The molecule has 1 amide bonds. The molecular formula is C16H17F3N4O5. The second-order valence-electron chi connectivity index (χ2n) is 5.83. The summed E-state index contributed by atoms with van der Waals surface area (Å²) in [6.45, 7) is 3.17. The fourth-order valence-corrected chi connectivity index (χ4v) is 1.88. The van der Waals surface area contributed by atoms with E-state index in [9.17, 15) is 22.8 Å². The van der Waals surface area contributed by atoms with Crippen molar-refractivity contribution in [2.45, 2.75) is 32.2 Å². The number of aromatic nitrogens is 2. The molecule has 2 rings (SSSR count). The maximum atomic E-state index is 12.5. The minimum Gasteiger partial charge on any atom is -0.479 e. The highest BCUT2D eigenvalue weighted by atomic mass is 19.4. The highest BCUT2D eigenvalue weighted by Gasteiger charge is 2.38. The van der Waals surface area contributed by atoms with Crippen molar-refractivity contribution >= 4 is 11.9 Å². The Morgan fingerprint density at radius 3 is 2.43 bits per heavy atom. The number of carboxylic acid groups (broad SMARTS) is 1. The molecule has 9 nitrogen and oxygen atoms in total. The van der Waals surface area contributed by atoms with E-state index in [1.165, 1.54) is 31.2 Å². The summed E-state index contributed by atoms with van der Waals surface area (Å²) in [6, 6.07) is 5.20. The third-order valence-electron chi connectivity index (χ3n) is 3.44. The summed E-state index contributed by atoms with van der Waals surface area (Å²) >= 11 is 0. The molecule has 12 heteroatoms. The lowest BCUT2D eigenvalue weighted by Crippen LogP contribution is -2.41. The lowest BCUT2D eigenvalue weighted by Gasteiger charge is -2.16. The van der Waals surface area contributed by atoms with Crippen LogP contribution in [0.15, 0.2) is 28.8 Å². The van der Waals surface area contributed by atoms with E-state index in [1.54, 1.807) is 6.92 Å². The number of halogens is 3. The van der Waals surface area contributed by atoms with Crippen molar-refractivity contribution in [1.82, 2.24) is 20.9 Å². The first-order valence-corrected chi connectivity index (χ1v) is 8.01. The molecule has 0 saturated heterocycles. The fraction of sp³-hybridized carbons (Fsp3) is 0.375. The summed E-state index contributed by atoms with van der Waals surface area (Å²) in [7, 11) is 0. The number of rotatable bonds is 8. The van der Waals surface area contributed by atoms with Crippen molar-refractivity contribution in [3.05, 3.63) is 35.7 Å². The topological polar surface area (TPSA) is 127 Å². The molecule has 0 fully saturated rings. The van der Waals surface area contributed by atoms with Gasteiger partial charge in [0.1, 0.15) is 0 Å². The number of carboxylic acids is 1. The number of benzene rings is 1. The Balaban J connectivity index is 1.89. The summed E-state index contributed by atoms with van der Waals surface area (Å²) in [4.78, 5) is 30.9. The van der Waals surface area contributed by atoms with Crippen LogP contribution in [0.2, 0.25) is 0 Å². The third-order valence-corrected chi connectivity index (χ3v) is 3.44. The predicted octanol–water partition coefficient (Wildman–Crippen LogP) is 1.87. The first-order valence-electron chi connectivity index (χ1n) is 8.01. The highest BCUT2D eigenvalue weighted by Crippen LogP contribution is 2.29. The molecule has 1 aromatic carbocycles. The van der Waals surface area contributed by atoms with Gasteiger partial charge >= 0.3 is 18.0 Å². The van der Waals surface area contributed by atoms with Gasteiger partial charge < -0.3 is 14.9 Å². The van der Waals surface area contributed by atoms with Crippen LogP contribution in [0.1, 0.15) is 30.1 Å². The fourth-order valence-electron chi connectivity index (χ4n) is 1.88. The molecule has 1 aromatic heterocycles. The van der Waals surface area contributed by atoms with Gasteiger partial charge in [0, 0.05) is 23.7 Å². The molecule has 0 radical (unpaired) electrons. The predicted molar refractivity (Wildman–Crippen MR) is 87.8 cm³/mol. The highest BCUT2D eigenvalue weighted by molar-refractivity contribution is 5.94. The summed E-state index contributed by atoms with van der Waals surface area (Å²) < 4.78 is 41.6. The Morgan fingerprint density at radius 2 is 1.89 bits per heavy atom. The average molecular weight is 402 g/mol. The van der Waals surface area contributed by atoms with E-state index in [2.05, 4.69) is 25.5 Å². The van der Waals surface area contributed by atoms with Crippen LogP contribution < -0.4 is 10.8 Å². The van der Waals surface area contributed by atoms with Crippen molar-refractivity contribution in [1.29, 1.82) is 0 Å². The Morgan fingerprint density at radius 1 is 1.25 bits per heavy atom. The van der Waals surface area contributed by atoms with E-state index in [1.807, 2.05) is 0 Å². The first kappa shape index (κ1) is 21.3. The SMILES string of the molecule is CC(CNC(=O)c1ccc(-c2noc(C(F)(F)F)n2)cc1)NO[C@@H](C)C(=O)O. The minimum atomic E-state index is -4.73. The number of hydrogen-bond donors (Lipinski definition) is 3. The zero-order chi connectivity index (χ0) is 20.9. The van der Waals surface area contributed by atoms with E-state index in [0.29, 0.717) is 0 Å². The Hall–Kier alpha value is -2.99. The number of alkyl halides is 3. The monoisotopic (exact) mass is 402 g/mol. The molecule has 1 unspecified atom stereocenters. The van der Waals surface area contributed by atoms with Crippen LogP contribution in [0.25, 0.3) is 11.4 Å². The number of hydroxylamine groups is 1. The Labute approximate surface area is 156 Å². The van der Waals surface area contributed by atoms with Crippen LogP contribution in [0.4, 0.5) is 13.2 Å². The molecule has 2 atom stereocenters. The second kappa shape index (κ2) is 8.80. The Kier molecular flexibility index (Phi) is 6.70. The standard InChI is InChI=1S/C16H17F3N4O5/c1-8(22-27-9(2)14(25)26)7-20-13(24)11-5-3-10(4-6-11)12-21-15(28-23-12)16(17,18)19/h3-6,8-9,22H,7H2,1-2H3,(H,20,24)(H,25,26)/t8?,9-/m0/s1. The smallest absolute Gasteiger partial charge is 0.471 e. The number of carbonyl (C=O) groups excluding carboxylic acids is 1. The van der Waals surface area contributed by atoms with E-state index >= 15 is 0 Å². The molecule has 0 saturated carbocycles. The van der Waals surface area contributed by atoms with Gasteiger partial charge in [-0.3, -0.25) is 9.63 Å². The first-order chi connectivity index (χ1) is 13.1. The number of nitrogens with one attached hydrogen (secondary N) is 2. The summed E-state index contributed by atoms with van der Waals surface area (Å²) in [5.41, 5.74) is 3.01. The number of nitrogens with zero attached hydrogens (tertiary/aromatic N) is 2. The van der Waals surface area contributed by atoms with Gasteiger partial charge in [-0.2, -0.15) is 23.6 Å². The lowest BCUT2D eigenvalue weighted by atomic mass is 10.1. The number of amides is 1. The van der Waals surface area contributed by atoms with E-state index in [4.69, 9.17) is 9.94 Å². The molecule has 2 aromatic rings. The molecule has 0 spiro atoms. The van der Waals surface area contributed by atoms with E-state index in [0.717, 1.165) is 0 Å². The average Bonchev–Trinajstić information content (AvgIpc) is 3.14. The second-order valence-corrected chi connectivity index (χ2v) is 5.83. The zero-order valence-electron chi connectivity index (χ0n) is 14.8. The summed E-state index contributed by atoms with van der Waals surface area (Å²) in [5.74, 6) is -3.27. The molecule has 3 N–H and O–H groups in total. The van der Waals surface area contributed by atoms with Crippen molar-refractivity contribution < 1.29 is 37.2 Å². The molecule has 0 aliphatic rings. The number of carbonyl (C=O) groups is 2. The van der Waals surface area contributed by atoms with Crippen molar-refractivity contribution in [2.75, 3.05) is 6.54 Å². The largest absolute Gasteiger partial charge is 0.479 e. The lowest BCUT2D eigenvalue weighted by molar-refractivity contribution is -0.159. The van der Waals surface area contributed by atoms with Crippen molar-refractivity contribution in [3.8, 4) is 11.4 Å². The van der Waals surface area contributed by atoms with E-state index in [-0.39, 0.29) is 29.5 Å². The van der Waals surface area contributed by atoms with Crippen LogP contribution in [-0.4, -0.2) is 45.8 Å². The number of aliphatic carboxylic acids is 1. The van der Waals surface area contributed by atoms with Crippen LogP contribution in [-0.2, 0) is 15.8 Å². The molecule has 0 aliphatic carbocycles. The van der Waals surface area contributed by atoms with Gasteiger partial charge in [-0.1, -0.05) is 17.3 Å². The van der Waals surface area contributed by atoms with Crippen LogP contribution in [0.5, 0.6) is 0 Å². The van der Waals surface area contributed by atoms with Gasteiger partial charge in [-0.05, 0) is 26.0 Å². The van der Waals surface area contributed by atoms with Gasteiger partial charge in [-0.15, -0.1) is 0 Å². The number of hydrogen-bond acceptors (Lipinski definition) is 7. The van der Waals surface area contributed by atoms with Crippen LogP contribution in [0.3, 0.4) is 0 Å². The van der Waals surface area contributed by atoms with Crippen molar-refractivity contribution in [3.63, 3.8) is 0 Å². The molecule has 28 heavy (non-hydrogen) atoms. The Bertz CT molecular complexity index is 822. The molecule has 152 valence electrons. The third kappa shape index (κ3) is 5.76. The maximum Gasteiger partial charge on any atom is 0.471 e. The van der Waals surface area contributed by atoms with Gasteiger partial charge in [-0.25, -0.2) is 4.79 Å². The maximum absolute atomic E-state index is 12.5. The van der Waals surface area contributed by atoms with Crippen molar-refractivity contribution in [2.24, 2.45) is 0 Å². The molecule has 0 aliphatic heterocycles. The summed E-state index contributed by atoms with van der Waals surface area (Å²) in [6.07, 6.45) is -5.78. The van der Waals surface area contributed by atoms with Gasteiger partial charge in [0.15, 0.2) is 6.10 Å². The van der Waals surface area contributed by atoms with Gasteiger partial charge in [0.25, 0.3) is 5.91 Å². The minimum absolute atomic E-state index is 0.146. The van der Waals surface area contributed by atoms with Gasteiger partial charge in [0.2, 0.25) is 5.82 Å². The molecule has 1 heterocycles. The van der Waals surface area contributed by atoms with E-state index < -0.39 is 30.0 Å². The zero-order valence-corrected chi connectivity index (χ0v) is 14.8. The molecule has 0 bridgehead atoms. The van der Waals surface area contributed by atoms with Crippen LogP contribution >= 0.6 is 0 Å². The molecular weight excluding hydrogens is 385 g/mol. The normalized spacial score (nSPS) is 13.8.